The Balaban J connectivity index is 2.25. The molecule has 0 spiro atoms. The molecule has 0 unspecified atom stereocenters. The normalized spacial score (nSPS) is 22.9. The molecule has 1 aromatic rings. The maximum atomic E-state index is 12.2. The molecule has 1 aromatic carbocycles. The quantitative estimate of drug-likeness (QED) is 0.865. The average molecular weight is 248 g/mol. The van der Waals surface area contributed by atoms with Crippen molar-refractivity contribution in [1.29, 1.82) is 0 Å². The van der Waals surface area contributed by atoms with Gasteiger partial charge in [0.05, 0.1) is 7.11 Å². The number of amides is 1. The van der Waals surface area contributed by atoms with Crippen LogP contribution in [0.15, 0.2) is 29.4 Å². The summed E-state index contributed by atoms with van der Waals surface area (Å²) < 4.78 is 5.03. The molecule has 18 heavy (non-hydrogen) atoms. The van der Waals surface area contributed by atoms with Crippen molar-refractivity contribution < 1.29 is 14.6 Å². The summed E-state index contributed by atoms with van der Waals surface area (Å²) in [5, 5.41) is 15.3. The van der Waals surface area contributed by atoms with Gasteiger partial charge >= 0.3 is 0 Å². The average Bonchev–Trinajstić information content (AvgIpc) is 2.61. The van der Waals surface area contributed by atoms with E-state index in [-0.39, 0.29) is 5.91 Å². The topological polar surface area (TPSA) is 62.1 Å². The Morgan fingerprint density at radius 1 is 1.44 bits per heavy atom. The summed E-state index contributed by atoms with van der Waals surface area (Å²) in [6, 6.07) is 6.71. The minimum absolute atomic E-state index is 0.320. The minimum atomic E-state index is -1.25. The van der Waals surface area contributed by atoms with Crippen LogP contribution in [0.1, 0.15) is 30.6 Å². The van der Waals surface area contributed by atoms with E-state index < -0.39 is 5.72 Å². The van der Waals surface area contributed by atoms with E-state index in [0.29, 0.717) is 17.7 Å². The lowest BCUT2D eigenvalue weighted by Crippen LogP contribution is -2.43. The third-order valence-electron chi connectivity index (χ3n) is 2.85. The highest BCUT2D eigenvalue weighted by Crippen LogP contribution is 2.26. The Bertz CT molecular complexity index is 491. The Kier molecular flexibility index (Phi) is 3.09. The number of hydrogen-bond acceptors (Lipinski definition) is 4. The Hall–Kier alpha value is -1.88. The maximum Gasteiger partial charge on any atom is 0.276 e. The van der Waals surface area contributed by atoms with E-state index in [1.807, 2.05) is 0 Å². The molecule has 5 nitrogen and oxygen atoms in total. The highest BCUT2D eigenvalue weighted by Gasteiger charge is 2.39. The van der Waals surface area contributed by atoms with Gasteiger partial charge in [-0.05, 0) is 38.1 Å². The summed E-state index contributed by atoms with van der Waals surface area (Å²) in [4.78, 5) is 12.2. The first-order chi connectivity index (χ1) is 8.44. The number of carbonyl (C=O) groups excluding carboxylic acids is 1. The van der Waals surface area contributed by atoms with Crippen LogP contribution in [-0.4, -0.2) is 34.6 Å². The molecule has 0 aliphatic carbocycles. The predicted molar refractivity (Wildman–Crippen MR) is 67.5 cm³/mol. The molecule has 1 aliphatic heterocycles. The summed E-state index contributed by atoms with van der Waals surface area (Å²) in [6.45, 7) is 3.37. The van der Waals surface area contributed by atoms with Gasteiger partial charge in [0.15, 0.2) is 5.72 Å². The van der Waals surface area contributed by atoms with Crippen LogP contribution in [-0.2, 0) is 0 Å². The number of ether oxygens (including phenoxy) is 1. The lowest BCUT2D eigenvalue weighted by molar-refractivity contribution is -0.0553. The Morgan fingerprint density at radius 3 is 2.50 bits per heavy atom. The predicted octanol–water partition coefficient (Wildman–Crippen LogP) is 1.63. The second-order valence-corrected chi connectivity index (χ2v) is 4.57. The number of hydrogen-bond donors (Lipinski definition) is 1. The summed E-state index contributed by atoms with van der Waals surface area (Å²) in [7, 11) is 1.57. The van der Waals surface area contributed by atoms with Gasteiger partial charge in [0.1, 0.15) is 5.75 Å². The first kappa shape index (κ1) is 12.6. The largest absolute Gasteiger partial charge is 0.497 e. The van der Waals surface area contributed by atoms with Crippen molar-refractivity contribution in [3.05, 3.63) is 29.8 Å². The van der Waals surface area contributed by atoms with Gasteiger partial charge < -0.3 is 9.84 Å². The van der Waals surface area contributed by atoms with Crippen molar-refractivity contribution in [3.8, 4) is 5.75 Å². The van der Waals surface area contributed by atoms with E-state index in [4.69, 9.17) is 4.74 Å². The van der Waals surface area contributed by atoms with Crippen LogP contribution in [0, 0.1) is 0 Å². The van der Waals surface area contributed by atoms with Crippen LogP contribution in [0.5, 0.6) is 5.75 Å². The van der Waals surface area contributed by atoms with E-state index in [1.54, 1.807) is 45.2 Å². The summed E-state index contributed by atoms with van der Waals surface area (Å²) in [5.74, 6) is 0.360. The molecule has 0 radical (unpaired) electrons. The summed E-state index contributed by atoms with van der Waals surface area (Å²) in [6.07, 6.45) is 0.370. The zero-order chi connectivity index (χ0) is 13.3. The molecule has 2 rings (SSSR count). The van der Waals surface area contributed by atoms with Crippen LogP contribution < -0.4 is 4.74 Å². The fourth-order valence-electron chi connectivity index (χ4n) is 1.99. The molecule has 0 saturated carbocycles. The van der Waals surface area contributed by atoms with Crippen LogP contribution in [0.4, 0.5) is 0 Å². The monoisotopic (exact) mass is 248 g/mol. The van der Waals surface area contributed by atoms with Crippen LogP contribution >= 0.6 is 0 Å². The first-order valence-corrected chi connectivity index (χ1v) is 5.69. The van der Waals surface area contributed by atoms with Gasteiger partial charge in [-0.25, -0.2) is 0 Å². The fourth-order valence-corrected chi connectivity index (χ4v) is 1.99. The van der Waals surface area contributed by atoms with Gasteiger partial charge in [0, 0.05) is 17.7 Å². The van der Waals surface area contributed by atoms with E-state index >= 15 is 0 Å². The van der Waals surface area contributed by atoms with Crippen molar-refractivity contribution in [2.24, 2.45) is 5.10 Å². The third-order valence-corrected chi connectivity index (χ3v) is 2.85. The lowest BCUT2D eigenvalue weighted by Gasteiger charge is -2.26. The fraction of sp³-hybridized carbons (Fsp3) is 0.385. The van der Waals surface area contributed by atoms with Gasteiger partial charge in [0.2, 0.25) is 0 Å². The molecule has 1 amide bonds. The number of nitrogens with zero attached hydrogens (tertiary/aromatic N) is 2. The van der Waals surface area contributed by atoms with E-state index in [2.05, 4.69) is 5.10 Å². The summed E-state index contributed by atoms with van der Waals surface area (Å²) in [5.41, 5.74) is -0.0439. The molecular formula is C13H16N2O3. The number of rotatable bonds is 2. The van der Waals surface area contributed by atoms with E-state index in [9.17, 15) is 9.90 Å². The molecule has 0 saturated heterocycles. The van der Waals surface area contributed by atoms with Gasteiger partial charge in [-0.15, -0.1) is 0 Å². The van der Waals surface area contributed by atoms with E-state index in [0.717, 1.165) is 10.7 Å². The third kappa shape index (κ3) is 2.22. The van der Waals surface area contributed by atoms with Crippen molar-refractivity contribution in [2.45, 2.75) is 26.0 Å². The van der Waals surface area contributed by atoms with Gasteiger partial charge in [-0.2, -0.15) is 10.1 Å². The number of benzene rings is 1. The standard InChI is InChI=1S/C13H16N2O3/c1-9-8-13(2,17)15(14-9)12(16)10-4-6-11(18-3)7-5-10/h4-7,17H,8H2,1-3H3/t13-/m1/s1. The van der Waals surface area contributed by atoms with Crippen molar-refractivity contribution in [1.82, 2.24) is 5.01 Å². The smallest absolute Gasteiger partial charge is 0.276 e. The number of methoxy groups -OCH3 is 1. The highest BCUT2D eigenvalue weighted by molar-refractivity contribution is 5.97. The second-order valence-electron chi connectivity index (χ2n) is 4.57. The van der Waals surface area contributed by atoms with Gasteiger partial charge in [0.25, 0.3) is 5.91 Å². The number of aliphatic hydroxyl groups is 1. The van der Waals surface area contributed by atoms with Gasteiger partial charge in [-0.1, -0.05) is 0 Å². The first-order valence-electron chi connectivity index (χ1n) is 5.69. The Morgan fingerprint density at radius 2 is 2.06 bits per heavy atom. The SMILES string of the molecule is COc1ccc(C(=O)N2N=C(C)C[C@@]2(C)O)cc1. The highest BCUT2D eigenvalue weighted by atomic mass is 16.5. The van der Waals surface area contributed by atoms with E-state index in [1.165, 1.54) is 0 Å². The van der Waals surface area contributed by atoms with Crippen molar-refractivity contribution in [3.63, 3.8) is 0 Å². The van der Waals surface area contributed by atoms with Crippen molar-refractivity contribution >= 4 is 11.6 Å². The van der Waals surface area contributed by atoms with Gasteiger partial charge in [-0.3, -0.25) is 4.79 Å². The molecule has 0 fully saturated rings. The Labute approximate surface area is 106 Å². The van der Waals surface area contributed by atoms with Crippen LogP contribution in [0.3, 0.4) is 0 Å². The molecule has 0 bridgehead atoms. The second kappa shape index (κ2) is 4.42. The van der Waals surface area contributed by atoms with Crippen LogP contribution in [0.2, 0.25) is 0 Å². The molecule has 1 atom stereocenters. The number of carbonyl (C=O) groups is 1. The zero-order valence-electron chi connectivity index (χ0n) is 10.7. The van der Waals surface area contributed by atoms with Crippen LogP contribution in [0.25, 0.3) is 0 Å². The molecule has 1 N–H and O–H groups in total. The molecule has 0 aromatic heterocycles. The maximum absolute atomic E-state index is 12.2. The molecule has 1 heterocycles. The molecular weight excluding hydrogens is 232 g/mol. The zero-order valence-corrected chi connectivity index (χ0v) is 10.7. The molecule has 5 heteroatoms. The number of hydrazone groups is 1. The molecule has 96 valence electrons. The summed E-state index contributed by atoms with van der Waals surface area (Å²) >= 11 is 0. The lowest BCUT2D eigenvalue weighted by atomic mass is 10.1. The molecule has 1 aliphatic rings. The minimum Gasteiger partial charge on any atom is -0.497 e. The van der Waals surface area contributed by atoms with Crippen molar-refractivity contribution in [2.75, 3.05) is 7.11 Å².